The van der Waals surface area contributed by atoms with E-state index in [1.165, 1.54) is 6.07 Å². The van der Waals surface area contributed by atoms with Gasteiger partial charge in [0.2, 0.25) is 0 Å². The first-order chi connectivity index (χ1) is 9.11. The third-order valence-electron chi connectivity index (χ3n) is 2.57. The van der Waals surface area contributed by atoms with Gasteiger partial charge >= 0.3 is 0 Å². The molecule has 0 saturated carbocycles. The zero-order chi connectivity index (χ0) is 13.8. The van der Waals surface area contributed by atoms with Crippen molar-refractivity contribution in [1.29, 1.82) is 5.26 Å². The number of para-hydroxylation sites is 1. The van der Waals surface area contributed by atoms with Gasteiger partial charge in [-0.05, 0) is 46.3 Å². The minimum atomic E-state index is -0.754. The molecule has 0 saturated heterocycles. The van der Waals surface area contributed by atoms with Crippen LogP contribution in [0.2, 0.25) is 0 Å². The van der Waals surface area contributed by atoms with Crippen molar-refractivity contribution >= 4 is 37.5 Å². The average molecular weight is 384 g/mol. The zero-order valence-electron chi connectivity index (χ0n) is 9.70. The van der Waals surface area contributed by atoms with Crippen molar-refractivity contribution in [3.63, 3.8) is 0 Å². The van der Waals surface area contributed by atoms with Gasteiger partial charge in [0.15, 0.2) is 0 Å². The van der Waals surface area contributed by atoms with Crippen molar-refractivity contribution in [2.24, 2.45) is 0 Å². The van der Waals surface area contributed by atoms with Gasteiger partial charge in [0.25, 0.3) is 0 Å². The maximum Gasteiger partial charge on any atom is 0.143 e. The molecule has 0 fully saturated rings. The molecular weight excluding hydrogens is 375 g/mol. The molecular formula is C14H9Br2FN2. The molecule has 0 radical (unpaired) electrons. The first-order valence-corrected chi connectivity index (χ1v) is 7.06. The Morgan fingerprint density at radius 3 is 2.58 bits per heavy atom. The molecule has 2 rings (SSSR count). The number of nitriles is 1. The van der Waals surface area contributed by atoms with Crippen LogP contribution in [0.15, 0.2) is 51.4 Å². The second kappa shape index (κ2) is 6.18. The molecule has 0 heterocycles. The Bertz CT molecular complexity index is 638. The van der Waals surface area contributed by atoms with Gasteiger partial charge in [-0.25, -0.2) is 4.39 Å². The number of halogens is 3. The van der Waals surface area contributed by atoms with Crippen molar-refractivity contribution in [3.05, 3.63) is 62.8 Å². The first kappa shape index (κ1) is 14.0. The van der Waals surface area contributed by atoms with Crippen LogP contribution in [0.25, 0.3) is 0 Å². The molecule has 2 aromatic rings. The van der Waals surface area contributed by atoms with E-state index in [0.717, 1.165) is 14.6 Å². The second-order valence-electron chi connectivity index (χ2n) is 3.85. The van der Waals surface area contributed by atoms with Crippen LogP contribution >= 0.6 is 31.9 Å². The van der Waals surface area contributed by atoms with Gasteiger partial charge in [-0.3, -0.25) is 0 Å². The van der Waals surface area contributed by atoms with E-state index in [1.807, 2.05) is 24.3 Å². The predicted octanol–water partition coefficient (Wildman–Crippen LogP) is 5.03. The van der Waals surface area contributed by atoms with Gasteiger partial charge in [-0.2, -0.15) is 5.26 Å². The van der Waals surface area contributed by atoms with Gasteiger partial charge < -0.3 is 5.32 Å². The van der Waals surface area contributed by atoms with Crippen LogP contribution in [0, 0.1) is 17.1 Å². The summed E-state index contributed by atoms with van der Waals surface area (Å²) in [7, 11) is 0. The fourth-order valence-electron chi connectivity index (χ4n) is 1.65. The highest BCUT2D eigenvalue weighted by Gasteiger charge is 2.16. The van der Waals surface area contributed by atoms with Gasteiger partial charge in [-0.15, -0.1) is 0 Å². The van der Waals surface area contributed by atoms with Crippen molar-refractivity contribution in [3.8, 4) is 6.07 Å². The summed E-state index contributed by atoms with van der Waals surface area (Å²) in [5.74, 6) is -0.408. The highest BCUT2D eigenvalue weighted by Crippen LogP contribution is 2.28. The number of rotatable bonds is 3. The largest absolute Gasteiger partial charge is 0.365 e. The van der Waals surface area contributed by atoms with Crippen molar-refractivity contribution in [2.45, 2.75) is 6.04 Å². The molecule has 0 amide bonds. The molecule has 96 valence electrons. The molecule has 2 aromatic carbocycles. The minimum Gasteiger partial charge on any atom is -0.365 e. The zero-order valence-corrected chi connectivity index (χ0v) is 12.9. The molecule has 0 aromatic heterocycles. The number of nitrogens with one attached hydrogen (secondary N) is 1. The normalized spacial score (nSPS) is 11.7. The highest BCUT2D eigenvalue weighted by molar-refractivity contribution is 9.10. The number of hydrogen-bond acceptors (Lipinski definition) is 2. The third kappa shape index (κ3) is 3.34. The fourth-order valence-corrected chi connectivity index (χ4v) is 2.43. The summed E-state index contributed by atoms with van der Waals surface area (Å²) in [5, 5.41) is 12.2. The summed E-state index contributed by atoms with van der Waals surface area (Å²) in [6, 6.07) is 13.3. The lowest BCUT2D eigenvalue weighted by atomic mass is 10.1. The predicted molar refractivity (Wildman–Crippen MR) is 80.2 cm³/mol. The van der Waals surface area contributed by atoms with E-state index in [2.05, 4.69) is 43.2 Å². The van der Waals surface area contributed by atoms with E-state index in [4.69, 9.17) is 0 Å². The second-order valence-corrected chi connectivity index (χ2v) is 5.62. The highest BCUT2D eigenvalue weighted by atomic mass is 79.9. The number of benzene rings is 2. The van der Waals surface area contributed by atoms with E-state index >= 15 is 0 Å². The molecule has 2 nitrogen and oxygen atoms in total. The molecule has 5 heteroatoms. The molecule has 0 aliphatic heterocycles. The Morgan fingerprint density at radius 2 is 1.89 bits per heavy atom. The van der Waals surface area contributed by atoms with Crippen LogP contribution in [0.3, 0.4) is 0 Å². The summed E-state index contributed by atoms with van der Waals surface area (Å²) in [6.07, 6.45) is 0. The summed E-state index contributed by atoms with van der Waals surface area (Å²) in [6.45, 7) is 0. The molecule has 19 heavy (non-hydrogen) atoms. The molecule has 1 atom stereocenters. The topological polar surface area (TPSA) is 35.8 Å². The lowest BCUT2D eigenvalue weighted by molar-refractivity contribution is 0.607. The molecule has 0 aliphatic carbocycles. The Labute approximate surface area is 127 Å². The van der Waals surface area contributed by atoms with Crippen LogP contribution in [0.5, 0.6) is 0 Å². The number of nitrogens with zero attached hydrogens (tertiary/aromatic N) is 1. The monoisotopic (exact) mass is 382 g/mol. The Hall–Kier alpha value is -1.38. The standard InChI is InChI=1S/C14H9Br2FN2/c15-9-5-6-12(17)10(7-9)14(8-18)19-13-4-2-1-3-11(13)16/h1-7,14,19H. The van der Waals surface area contributed by atoms with Crippen LogP contribution in [-0.4, -0.2) is 0 Å². The smallest absolute Gasteiger partial charge is 0.143 e. The lowest BCUT2D eigenvalue weighted by Gasteiger charge is -2.15. The fraction of sp³-hybridized carbons (Fsp3) is 0.0714. The first-order valence-electron chi connectivity index (χ1n) is 5.47. The van der Waals surface area contributed by atoms with E-state index in [-0.39, 0.29) is 0 Å². The van der Waals surface area contributed by atoms with Crippen molar-refractivity contribution in [2.75, 3.05) is 5.32 Å². The molecule has 0 bridgehead atoms. The van der Waals surface area contributed by atoms with Crippen LogP contribution in [0.1, 0.15) is 11.6 Å². The van der Waals surface area contributed by atoms with Crippen LogP contribution in [0.4, 0.5) is 10.1 Å². The number of hydrogen-bond donors (Lipinski definition) is 1. The minimum absolute atomic E-state index is 0.313. The van der Waals surface area contributed by atoms with Crippen LogP contribution in [-0.2, 0) is 0 Å². The van der Waals surface area contributed by atoms with E-state index in [0.29, 0.717) is 5.56 Å². The summed E-state index contributed by atoms with van der Waals surface area (Å²) in [4.78, 5) is 0. The molecule has 1 N–H and O–H groups in total. The maximum atomic E-state index is 13.8. The SMILES string of the molecule is N#CC(Nc1ccccc1Br)c1cc(Br)ccc1F. The molecule has 1 unspecified atom stereocenters. The van der Waals surface area contributed by atoms with Crippen molar-refractivity contribution < 1.29 is 4.39 Å². The number of anilines is 1. The Morgan fingerprint density at radius 1 is 1.16 bits per heavy atom. The van der Waals surface area contributed by atoms with Gasteiger partial charge in [-0.1, -0.05) is 28.1 Å². The Kier molecular flexibility index (Phi) is 4.56. The quantitative estimate of drug-likeness (QED) is 0.806. The van der Waals surface area contributed by atoms with Gasteiger partial charge in [0.05, 0.1) is 6.07 Å². The summed E-state index contributed by atoms with van der Waals surface area (Å²) in [5.41, 5.74) is 1.06. The van der Waals surface area contributed by atoms with E-state index in [1.54, 1.807) is 12.1 Å². The Balaban J connectivity index is 2.34. The third-order valence-corrected chi connectivity index (χ3v) is 3.76. The molecule has 0 spiro atoms. The lowest BCUT2D eigenvalue weighted by Crippen LogP contribution is -2.10. The average Bonchev–Trinajstić information content (AvgIpc) is 2.41. The van der Waals surface area contributed by atoms with Crippen molar-refractivity contribution in [1.82, 2.24) is 0 Å². The maximum absolute atomic E-state index is 13.8. The molecule has 0 aliphatic rings. The summed E-state index contributed by atoms with van der Waals surface area (Å²) < 4.78 is 15.3. The van der Waals surface area contributed by atoms with Crippen LogP contribution < -0.4 is 5.32 Å². The van der Waals surface area contributed by atoms with Gasteiger partial charge in [0.1, 0.15) is 11.9 Å². The van der Waals surface area contributed by atoms with E-state index < -0.39 is 11.9 Å². The van der Waals surface area contributed by atoms with Gasteiger partial charge in [0, 0.05) is 20.2 Å². The van der Waals surface area contributed by atoms with E-state index in [9.17, 15) is 9.65 Å². The summed E-state index contributed by atoms with van der Waals surface area (Å²) >= 11 is 6.67.